The van der Waals surface area contributed by atoms with Crippen molar-refractivity contribution in [2.75, 3.05) is 20.2 Å². The number of aromatic hydroxyl groups is 1. The molecule has 110 valence electrons. The van der Waals surface area contributed by atoms with Gasteiger partial charge in [-0.3, -0.25) is 4.79 Å². The van der Waals surface area contributed by atoms with Gasteiger partial charge in [-0.1, -0.05) is 12.1 Å². The Balaban J connectivity index is 1.85. The SMILES string of the molecule is CN(CC1CCCO1)C(=O)[C@@H](N)Cc1ccc(O)cc1. The van der Waals surface area contributed by atoms with Crippen LogP contribution in [0, 0.1) is 0 Å². The van der Waals surface area contributed by atoms with Gasteiger partial charge in [0, 0.05) is 20.2 Å². The predicted octanol–water partition coefficient (Wildman–Crippen LogP) is 0.899. The Labute approximate surface area is 119 Å². The van der Waals surface area contributed by atoms with Crippen molar-refractivity contribution < 1.29 is 14.6 Å². The standard InChI is InChI=1S/C15H22N2O3/c1-17(10-13-3-2-8-20-13)15(19)14(16)9-11-4-6-12(18)7-5-11/h4-7,13-14,18H,2-3,8-10,16H2,1H3/t13?,14-/m0/s1. The molecule has 2 rings (SSSR count). The van der Waals surface area contributed by atoms with Crippen LogP contribution in [-0.2, 0) is 16.0 Å². The second-order valence-electron chi connectivity index (χ2n) is 5.33. The summed E-state index contributed by atoms with van der Waals surface area (Å²) >= 11 is 0. The molecule has 0 radical (unpaired) electrons. The Kier molecular flexibility index (Phi) is 4.98. The van der Waals surface area contributed by atoms with E-state index in [4.69, 9.17) is 10.5 Å². The number of nitrogens with zero attached hydrogens (tertiary/aromatic N) is 1. The van der Waals surface area contributed by atoms with E-state index in [1.165, 1.54) is 0 Å². The quantitative estimate of drug-likeness (QED) is 0.839. The lowest BCUT2D eigenvalue weighted by molar-refractivity contribution is -0.132. The number of nitrogens with two attached hydrogens (primary N) is 1. The van der Waals surface area contributed by atoms with Crippen LogP contribution in [0.1, 0.15) is 18.4 Å². The van der Waals surface area contributed by atoms with E-state index < -0.39 is 6.04 Å². The van der Waals surface area contributed by atoms with Crippen LogP contribution >= 0.6 is 0 Å². The van der Waals surface area contributed by atoms with Crippen molar-refractivity contribution in [3.8, 4) is 5.75 Å². The van der Waals surface area contributed by atoms with E-state index in [1.807, 2.05) is 0 Å². The summed E-state index contributed by atoms with van der Waals surface area (Å²) in [6.07, 6.45) is 2.68. The van der Waals surface area contributed by atoms with Crippen LogP contribution in [0.25, 0.3) is 0 Å². The second kappa shape index (κ2) is 6.72. The number of amides is 1. The largest absolute Gasteiger partial charge is 0.508 e. The van der Waals surface area contributed by atoms with Gasteiger partial charge < -0.3 is 20.5 Å². The van der Waals surface area contributed by atoms with Crippen molar-refractivity contribution in [1.82, 2.24) is 4.90 Å². The van der Waals surface area contributed by atoms with Crippen LogP contribution in [0.5, 0.6) is 5.75 Å². The monoisotopic (exact) mass is 278 g/mol. The summed E-state index contributed by atoms with van der Waals surface area (Å²) in [6, 6.07) is 6.20. The molecule has 0 aromatic heterocycles. The van der Waals surface area contributed by atoms with Crippen LogP contribution in [0.4, 0.5) is 0 Å². The Morgan fingerprint density at radius 1 is 1.50 bits per heavy atom. The zero-order valence-corrected chi connectivity index (χ0v) is 11.8. The predicted molar refractivity (Wildman–Crippen MR) is 76.4 cm³/mol. The fraction of sp³-hybridized carbons (Fsp3) is 0.533. The lowest BCUT2D eigenvalue weighted by Crippen LogP contribution is -2.45. The smallest absolute Gasteiger partial charge is 0.239 e. The van der Waals surface area contributed by atoms with Gasteiger partial charge in [-0.15, -0.1) is 0 Å². The summed E-state index contributed by atoms with van der Waals surface area (Å²) < 4.78 is 5.52. The fourth-order valence-corrected chi connectivity index (χ4v) is 2.44. The Morgan fingerprint density at radius 2 is 2.20 bits per heavy atom. The normalized spacial score (nSPS) is 19.8. The summed E-state index contributed by atoms with van der Waals surface area (Å²) in [6.45, 7) is 1.38. The Hall–Kier alpha value is -1.59. The van der Waals surface area contributed by atoms with Gasteiger partial charge in [-0.25, -0.2) is 0 Å². The number of phenolic OH excluding ortho intramolecular Hbond substituents is 1. The number of phenols is 1. The molecule has 1 aromatic carbocycles. The molecule has 0 aliphatic carbocycles. The Bertz CT molecular complexity index is 441. The summed E-state index contributed by atoms with van der Waals surface area (Å²) in [4.78, 5) is 13.9. The average Bonchev–Trinajstić information content (AvgIpc) is 2.93. The molecule has 1 aliphatic heterocycles. The number of likely N-dealkylation sites (N-methyl/N-ethyl adjacent to an activating group) is 1. The Morgan fingerprint density at radius 3 is 2.80 bits per heavy atom. The van der Waals surface area contributed by atoms with Crippen molar-refractivity contribution in [3.63, 3.8) is 0 Å². The van der Waals surface area contributed by atoms with Gasteiger partial charge in [0.1, 0.15) is 5.75 Å². The molecule has 1 aromatic rings. The van der Waals surface area contributed by atoms with Gasteiger partial charge in [0.05, 0.1) is 12.1 Å². The summed E-state index contributed by atoms with van der Waals surface area (Å²) in [7, 11) is 1.76. The van der Waals surface area contributed by atoms with E-state index in [0.717, 1.165) is 25.0 Å². The first-order valence-corrected chi connectivity index (χ1v) is 6.96. The maximum Gasteiger partial charge on any atom is 0.239 e. The lowest BCUT2D eigenvalue weighted by Gasteiger charge is -2.24. The molecule has 20 heavy (non-hydrogen) atoms. The minimum Gasteiger partial charge on any atom is -0.508 e. The average molecular weight is 278 g/mol. The highest BCUT2D eigenvalue weighted by Crippen LogP contribution is 2.14. The van der Waals surface area contributed by atoms with Crippen LogP contribution in [0.3, 0.4) is 0 Å². The molecule has 3 N–H and O–H groups in total. The molecule has 1 saturated heterocycles. The first-order valence-electron chi connectivity index (χ1n) is 6.96. The van der Waals surface area contributed by atoms with E-state index in [9.17, 15) is 9.90 Å². The van der Waals surface area contributed by atoms with Crippen LogP contribution in [-0.4, -0.2) is 48.3 Å². The van der Waals surface area contributed by atoms with E-state index in [2.05, 4.69) is 0 Å². The number of benzene rings is 1. The number of carbonyl (C=O) groups is 1. The van der Waals surface area contributed by atoms with Crippen molar-refractivity contribution in [1.29, 1.82) is 0 Å². The van der Waals surface area contributed by atoms with Gasteiger partial charge >= 0.3 is 0 Å². The molecule has 0 bridgehead atoms. The third-order valence-electron chi connectivity index (χ3n) is 3.59. The van der Waals surface area contributed by atoms with Gasteiger partial charge in [-0.05, 0) is 37.0 Å². The molecule has 5 nitrogen and oxygen atoms in total. The van der Waals surface area contributed by atoms with E-state index in [0.29, 0.717) is 13.0 Å². The molecule has 1 heterocycles. The van der Waals surface area contributed by atoms with E-state index in [-0.39, 0.29) is 17.8 Å². The minimum atomic E-state index is -0.564. The molecule has 0 spiro atoms. The van der Waals surface area contributed by atoms with Crippen LogP contribution in [0.2, 0.25) is 0 Å². The summed E-state index contributed by atoms with van der Waals surface area (Å²) in [5, 5.41) is 9.23. The van der Waals surface area contributed by atoms with Gasteiger partial charge in [0.15, 0.2) is 0 Å². The highest BCUT2D eigenvalue weighted by atomic mass is 16.5. The molecule has 5 heteroatoms. The zero-order chi connectivity index (χ0) is 14.5. The maximum absolute atomic E-state index is 12.2. The lowest BCUT2D eigenvalue weighted by atomic mass is 10.1. The fourth-order valence-electron chi connectivity index (χ4n) is 2.44. The van der Waals surface area contributed by atoms with Crippen molar-refractivity contribution in [2.24, 2.45) is 5.73 Å². The topological polar surface area (TPSA) is 75.8 Å². The molecule has 2 atom stereocenters. The highest BCUT2D eigenvalue weighted by molar-refractivity contribution is 5.81. The maximum atomic E-state index is 12.2. The number of carbonyl (C=O) groups excluding carboxylic acids is 1. The molecule has 0 saturated carbocycles. The zero-order valence-electron chi connectivity index (χ0n) is 11.8. The molecule has 1 amide bonds. The van der Waals surface area contributed by atoms with Gasteiger partial charge in [0.2, 0.25) is 5.91 Å². The third kappa shape index (κ3) is 3.95. The van der Waals surface area contributed by atoms with E-state index >= 15 is 0 Å². The third-order valence-corrected chi connectivity index (χ3v) is 3.59. The van der Waals surface area contributed by atoms with Crippen molar-refractivity contribution >= 4 is 5.91 Å². The highest BCUT2D eigenvalue weighted by Gasteiger charge is 2.23. The van der Waals surface area contributed by atoms with Crippen molar-refractivity contribution in [3.05, 3.63) is 29.8 Å². The second-order valence-corrected chi connectivity index (χ2v) is 5.33. The van der Waals surface area contributed by atoms with Crippen molar-refractivity contribution in [2.45, 2.75) is 31.4 Å². The van der Waals surface area contributed by atoms with E-state index in [1.54, 1.807) is 36.2 Å². The van der Waals surface area contributed by atoms with Crippen LogP contribution in [0.15, 0.2) is 24.3 Å². The molecular weight excluding hydrogens is 256 g/mol. The van der Waals surface area contributed by atoms with Gasteiger partial charge in [-0.2, -0.15) is 0 Å². The first-order chi connectivity index (χ1) is 9.56. The number of ether oxygens (including phenoxy) is 1. The molecule has 1 unspecified atom stereocenters. The molecule has 1 fully saturated rings. The number of hydrogen-bond donors (Lipinski definition) is 2. The minimum absolute atomic E-state index is 0.0754. The number of rotatable bonds is 5. The van der Waals surface area contributed by atoms with Crippen LogP contribution < -0.4 is 5.73 Å². The van der Waals surface area contributed by atoms with Gasteiger partial charge in [0.25, 0.3) is 0 Å². The molecule has 1 aliphatic rings. The summed E-state index contributed by atoms with van der Waals surface area (Å²) in [5.74, 6) is 0.137. The first kappa shape index (κ1) is 14.8. The molecular formula is C15H22N2O3. The number of hydrogen-bond acceptors (Lipinski definition) is 4. The summed E-state index contributed by atoms with van der Waals surface area (Å²) in [5.41, 5.74) is 6.91.